The van der Waals surface area contributed by atoms with Gasteiger partial charge in [0.2, 0.25) is 5.91 Å². The van der Waals surface area contributed by atoms with Crippen molar-refractivity contribution in [1.82, 2.24) is 10.7 Å². The number of nitrogens with zero attached hydrogens (tertiary/aromatic N) is 1. The van der Waals surface area contributed by atoms with Gasteiger partial charge in [0.1, 0.15) is 5.75 Å². The van der Waals surface area contributed by atoms with Gasteiger partial charge >= 0.3 is 5.97 Å². The minimum absolute atomic E-state index is 0.0897. The van der Waals surface area contributed by atoms with Crippen molar-refractivity contribution in [2.45, 2.75) is 25.7 Å². The molecule has 3 aromatic rings. The van der Waals surface area contributed by atoms with E-state index < -0.39 is 5.97 Å². The van der Waals surface area contributed by atoms with E-state index in [0.29, 0.717) is 40.7 Å². The fraction of sp³-hybridized carbons (Fsp3) is 0.185. The van der Waals surface area contributed by atoms with Crippen molar-refractivity contribution in [2.24, 2.45) is 5.10 Å². The number of hydrazone groups is 1. The minimum Gasteiger partial charge on any atom is -0.423 e. The van der Waals surface area contributed by atoms with Crippen molar-refractivity contribution in [3.8, 4) is 5.75 Å². The number of benzene rings is 3. The molecule has 0 aliphatic rings. The molecule has 0 fully saturated rings. The molecule has 2 amide bonds. The summed E-state index contributed by atoms with van der Waals surface area (Å²) in [6.07, 6.45) is 4.21. The van der Waals surface area contributed by atoms with Crippen molar-refractivity contribution in [3.63, 3.8) is 0 Å². The summed E-state index contributed by atoms with van der Waals surface area (Å²) in [6, 6.07) is 22.9. The average Bonchev–Trinajstić information content (AvgIpc) is 2.87. The van der Waals surface area contributed by atoms with Crippen LogP contribution in [0.2, 0.25) is 0 Å². The molecular weight excluding hydrogens is 510 g/mol. The quantitative estimate of drug-likeness (QED) is 0.117. The largest absolute Gasteiger partial charge is 0.423 e. The molecule has 35 heavy (non-hydrogen) atoms. The van der Waals surface area contributed by atoms with E-state index in [1.54, 1.807) is 54.6 Å². The lowest BCUT2D eigenvalue weighted by molar-refractivity contribution is -0.121. The third-order valence-electron chi connectivity index (χ3n) is 4.99. The first kappa shape index (κ1) is 25.8. The Bertz CT molecular complexity index is 1160. The third kappa shape index (κ3) is 8.83. The van der Waals surface area contributed by atoms with Crippen molar-refractivity contribution >= 4 is 39.9 Å². The van der Waals surface area contributed by atoms with E-state index >= 15 is 0 Å². The van der Waals surface area contributed by atoms with Crippen LogP contribution in [0.15, 0.2) is 88.4 Å². The Morgan fingerprint density at radius 2 is 1.57 bits per heavy atom. The number of amides is 2. The Kier molecular flexibility index (Phi) is 10.2. The molecule has 7 nitrogen and oxygen atoms in total. The standard InChI is InChI=1S/C27H26BrN3O4/c28-24-12-7-6-11-23(24)27(34)35-22-16-14-20(15-17-22)19-30-31-25(32)13-5-2-8-18-29-26(33)21-9-3-1-4-10-21/h1,3-4,6-7,9-12,14-17,19H,2,5,8,13,18H2,(H,29,33)(H,31,32). The van der Waals surface area contributed by atoms with Crippen molar-refractivity contribution < 1.29 is 19.1 Å². The Labute approximate surface area is 212 Å². The molecule has 180 valence electrons. The van der Waals surface area contributed by atoms with Gasteiger partial charge in [0.05, 0.1) is 11.8 Å². The van der Waals surface area contributed by atoms with E-state index in [-0.39, 0.29) is 11.8 Å². The zero-order chi connectivity index (χ0) is 24.9. The molecule has 0 atom stereocenters. The molecule has 0 aliphatic carbocycles. The molecule has 0 unspecified atom stereocenters. The maximum absolute atomic E-state index is 12.3. The van der Waals surface area contributed by atoms with Gasteiger partial charge in [-0.25, -0.2) is 10.2 Å². The van der Waals surface area contributed by atoms with Crippen molar-refractivity contribution in [2.75, 3.05) is 6.54 Å². The predicted octanol–water partition coefficient (Wildman–Crippen LogP) is 5.11. The summed E-state index contributed by atoms with van der Waals surface area (Å²) < 4.78 is 6.05. The number of esters is 1. The number of carbonyl (C=O) groups excluding carboxylic acids is 3. The van der Waals surface area contributed by atoms with E-state index in [1.807, 2.05) is 24.3 Å². The molecule has 0 saturated heterocycles. The van der Waals surface area contributed by atoms with Gasteiger partial charge in [0.15, 0.2) is 0 Å². The summed E-state index contributed by atoms with van der Waals surface area (Å²) >= 11 is 3.33. The fourth-order valence-electron chi connectivity index (χ4n) is 3.13. The highest BCUT2D eigenvalue weighted by Crippen LogP contribution is 2.19. The van der Waals surface area contributed by atoms with E-state index in [0.717, 1.165) is 18.4 Å². The number of unbranched alkanes of at least 4 members (excludes halogenated alkanes) is 2. The van der Waals surface area contributed by atoms with Gasteiger partial charge < -0.3 is 10.1 Å². The van der Waals surface area contributed by atoms with Crippen LogP contribution >= 0.6 is 15.9 Å². The van der Waals surface area contributed by atoms with Crippen LogP contribution in [0.1, 0.15) is 52.0 Å². The van der Waals surface area contributed by atoms with E-state index in [2.05, 4.69) is 31.8 Å². The Morgan fingerprint density at radius 1 is 0.857 bits per heavy atom. The lowest BCUT2D eigenvalue weighted by Gasteiger charge is -2.06. The van der Waals surface area contributed by atoms with E-state index in [1.165, 1.54) is 6.21 Å². The summed E-state index contributed by atoms with van der Waals surface area (Å²) in [5, 5.41) is 6.84. The second kappa shape index (κ2) is 13.8. The highest BCUT2D eigenvalue weighted by atomic mass is 79.9. The first-order valence-corrected chi connectivity index (χ1v) is 12.0. The summed E-state index contributed by atoms with van der Waals surface area (Å²) in [5.74, 6) is -0.307. The van der Waals surface area contributed by atoms with E-state index in [9.17, 15) is 14.4 Å². The number of hydrogen-bond donors (Lipinski definition) is 2. The van der Waals surface area contributed by atoms with Crippen molar-refractivity contribution in [1.29, 1.82) is 0 Å². The molecule has 0 bridgehead atoms. The number of halogens is 1. The van der Waals surface area contributed by atoms with Crippen LogP contribution in [0.3, 0.4) is 0 Å². The molecule has 0 heterocycles. The van der Waals surface area contributed by atoms with Gasteiger partial charge in [-0.3, -0.25) is 9.59 Å². The first-order chi connectivity index (χ1) is 17.0. The first-order valence-electron chi connectivity index (χ1n) is 11.2. The number of hydrogen-bond acceptors (Lipinski definition) is 5. The van der Waals surface area contributed by atoms with Crippen LogP contribution in [0.4, 0.5) is 0 Å². The van der Waals surface area contributed by atoms with Crippen LogP contribution < -0.4 is 15.5 Å². The minimum atomic E-state index is -0.454. The molecule has 0 spiro atoms. The molecule has 3 aromatic carbocycles. The predicted molar refractivity (Wildman–Crippen MR) is 139 cm³/mol. The smallest absolute Gasteiger partial charge is 0.344 e. The zero-order valence-corrected chi connectivity index (χ0v) is 20.7. The second-order valence-corrected chi connectivity index (χ2v) is 8.52. The van der Waals surface area contributed by atoms with Gasteiger partial charge in [-0.05, 0) is 82.9 Å². The van der Waals surface area contributed by atoms with Crippen LogP contribution in [-0.4, -0.2) is 30.5 Å². The molecule has 3 rings (SSSR count). The maximum atomic E-state index is 12.3. The molecule has 0 saturated carbocycles. The average molecular weight is 536 g/mol. The normalized spacial score (nSPS) is 10.7. The lowest BCUT2D eigenvalue weighted by atomic mass is 10.2. The number of rotatable bonds is 11. The third-order valence-corrected chi connectivity index (χ3v) is 5.68. The Balaban J connectivity index is 1.30. The molecular formula is C27H26BrN3O4. The SMILES string of the molecule is O=C(CCCCCNC(=O)c1ccccc1)NN=Cc1ccc(OC(=O)c2ccccc2Br)cc1. The molecule has 0 aliphatic heterocycles. The van der Waals surface area contributed by atoms with Gasteiger partial charge in [-0.2, -0.15) is 5.10 Å². The lowest BCUT2D eigenvalue weighted by Crippen LogP contribution is -2.24. The Morgan fingerprint density at radius 3 is 2.31 bits per heavy atom. The topological polar surface area (TPSA) is 96.9 Å². The van der Waals surface area contributed by atoms with Gasteiger partial charge in [-0.1, -0.05) is 36.8 Å². The summed E-state index contributed by atoms with van der Waals surface area (Å²) in [6.45, 7) is 0.571. The van der Waals surface area contributed by atoms with Crippen LogP contribution in [0.5, 0.6) is 5.75 Å². The Hall–Kier alpha value is -3.78. The van der Waals surface area contributed by atoms with E-state index in [4.69, 9.17) is 4.74 Å². The van der Waals surface area contributed by atoms with Crippen LogP contribution in [0, 0.1) is 0 Å². The summed E-state index contributed by atoms with van der Waals surface area (Å²) in [5.41, 5.74) is 4.34. The molecule has 0 aromatic heterocycles. The molecule has 8 heteroatoms. The highest BCUT2D eigenvalue weighted by Gasteiger charge is 2.11. The van der Waals surface area contributed by atoms with Gasteiger partial charge in [0.25, 0.3) is 5.91 Å². The van der Waals surface area contributed by atoms with Crippen molar-refractivity contribution in [3.05, 3.63) is 100 Å². The fourth-order valence-corrected chi connectivity index (χ4v) is 3.57. The van der Waals surface area contributed by atoms with Gasteiger partial charge in [-0.15, -0.1) is 0 Å². The summed E-state index contributed by atoms with van der Waals surface area (Å²) in [4.78, 5) is 36.1. The van der Waals surface area contributed by atoms with Crippen LogP contribution in [-0.2, 0) is 4.79 Å². The number of carbonyl (C=O) groups is 3. The van der Waals surface area contributed by atoms with Gasteiger partial charge in [0, 0.05) is 23.0 Å². The highest BCUT2D eigenvalue weighted by molar-refractivity contribution is 9.10. The number of ether oxygens (including phenoxy) is 1. The second-order valence-electron chi connectivity index (χ2n) is 7.66. The maximum Gasteiger partial charge on any atom is 0.344 e. The summed E-state index contributed by atoms with van der Waals surface area (Å²) in [7, 11) is 0. The monoisotopic (exact) mass is 535 g/mol. The number of nitrogens with one attached hydrogen (secondary N) is 2. The molecule has 0 radical (unpaired) electrons. The van der Waals surface area contributed by atoms with Crippen LogP contribution in [0.25, 0.3) is 0 Å². The molecule has 2 N–H and O–H groups in total. The zero-order valence-electron chi connectivity index (χ0n) is 19.1.